The van der Waals surface area contributed by atoms with Gasteiger partial charge in [-0.15, -0.1) is 0 Å². The normalized spacial score (nSPS) is 35.7. The minimum Gasteiger partial charge on any atom is -0.390 e. The lowest BCUT2D eigenvalue weighted by Crippen LogP contribution is -2.61. The second kappa shape index (κ2) is 6.06. The lowest BCUT2D eigenvalue weighted by atomic mass is 9.52. The van der Waals surface area contributed by atoms with Gasteiger partial charge in [0.2, 0.25) is 0 Å². The van der Waals surface area contributed by atoms with E-state index in [1.54, 1.807) is 13.3 Å². The van der Waals surface area contributed by atoms with Gasteiger partial charge in [-0.2, -0.15) is 5.10 Å². The van der Waals surface area contributed by atoms with E-state index in [0.29, 0.717) is 29.9 Å². The first-order chi connectivity index (χ1) is 12.2. The number of aliphatic hydroxyl groups is 1. The molecule has 2 N–H and O–H groups in total. The monoisotopic (exact) mass is 361 g/mol. The van der Waals surface area contributed by atoms with E-state index >= 15 is 0 Å². The zero-order valence-corrected chi connectivity index (χ0v) is 16.3. The molecule has 4 aliphatic carbocycles. The number of hydrogen-bond donors (Lipinski definition) is 2. The molecular formula is C20H31N3O3. The zero-order valence-electron chi connectivity index (χ0n) is 16.3. The van der Waals surface area contributed by atoms with Crippen LogP contribution in [0, 0.1) is 17.8 Å². The number of carbonyl (C=O) groups excluding carboxylic acids is 1. The van der Waals surface area contributed by atoms with E-state index in [-0.39, 0.29) is 17.5 Å². The summed E-state index contributed by atoms with van der Waals surface area (Å²) < 4.78 is 7.22. The van der Waals surface area contributed by atoms with E-state index in [0.717, 1.165) is 37.8 Å². The topological polar surface area (TPSA) is 76.4 Å². The van der Waals surface area contributed by atoms with Crippen LogP contribution in [0.25, 0.3) is 0 Å². The molecular weight excluding hydrogens is 330 g/mol. The summed E-state index contributed by atoms with van der Waals surface area (Å²) in [5, 5.41) is 18.5. The predicted molar refractivity (Wildman–Crippen MR) is 97.7 cm³/mol. The van der Waals surface area contributed by atoms with Crippen LogP contribution in [0.1, 0.15) is 68.9 Å². The Labute approximate surface area is 155 Å². The predicted octanol–water partition coefficient (Wildman–Crippen LogP) is 2.45. The first-order valence-corrected chi connectivity index (χ1v) is 9.80. The number of nitrogens with zero attached hydrogens (tertiary/aromatic N) is 2. The van der Waals surface area contributed by atoms with Crippen molar-refractivity contribution in [2.75, 3.05) is 7.11 Å². The molecule has 6 heteroatoms. The van der Waals surface area contributed by atoms with Crippen LogP contribution in [0.2, 0.25) is 0 Å². The van der Waals surface area contributed by atoms with Gasteiger partial charge in [0.15, 0.2) is 0 Å². The Bertz CT molecular complexity index is 690. The van der Waals surface area contributed by atoms with Gasteiger partial charge >= 0.3 is 0 Å². The van der Waals surface area contributed by atoms with Crippen molar-refractivity contribution in [2.45, 2.75) is 76.7 Å². The van der Waals surface area contributed by atoms with Gasteiger partial charge in [0.05, 0.1) is 35.2 Å². The summed E-state index contributed by atoms with van der Waals surface area (Å²) in [4.78, 5) is 13.1. The molecule has 0 aliphatic heterocycles. The van der Waals surface area contributed by atoms with Crippen molar-refractivity contribution < 1.29 is 14.6 Å². The van der Waals surface area contributed by atoms with E-state index < -0.39 is 5.60 Å². The summed E-state index contributed by atoms with van der Waals surface area (Å²) in [6.45, 7) is 6.57. The average molecular weight is 361 g/mol. The number of rotatable bonds is 4. The smallest absolute Gasteiger partial charge is 0.255 e. The van der Waals surface area contributed by atoms with E-state index in [1.807, 2.05) is 4.68 Å². The van der Waals surface area contributed by atoms with Crippen LogP contribution in [0.15, 0.2) is 6.20 Å². The first-order valence-electron chi connectivity index (χ1n) is 9.80. The molecule has 1 amide bonds. The molecule has 0 aromatic carbocycles. The number of ether oxygens (including phenoxy) is 1. The maximum absolute atomic E-state index is 13.1. The van der Waals surface area contributed by atoms with Gasteiger partial charge in [0.1, 0.15) is 0 Å². The molecule has 6 nitrogen and oxygen atoms in total. The van der Waals surface area contributed by atoms with Gasteiger partial charge in [0, 0.05) is 13.2 Å². The Morgan fingerprint density at radius 1 is 1.35 bits per heavy atom. The third-order valence-corrected chi connectivity index (χ3v) is 6.57. The van der Waals surface area contributed by atoms with E-state index in [4.69, 9.17) is 4.74 Å². The van der Waals surface area contributed by atoms with Gasteiger partial charge in [0.25, 0.3) is 5.91 Å². The summed E-state index contributed by atoms with van der Waals surface area (Å²) >= 11 is 0. The van der Waals surface area contributed by atoms with E-state index in [2.05, 4.69) is 31.2 Å². The maximum Gasteiger partial charge on any atom is 0.255 e. The minimum absolute atomic E-state index is 0.0583. The highest BCUT2D eigenvalue weighted by Crippen LogP contribution is 2.55. The van der Waals surface area contributed by atoms with Crippen LogP contribution in [0.4, 0.5) is 0 Å². The molecule has 2 atom stereocenters. The van der Waals surface area contributed by atoms with Gasteiger partial charge in [-0.05, 0) is 70.6 Å². The van der Waals surface area contributed by atoms with Crippen molar-refractivity contribution >= 4 is 5.91 Å². The van der Waals surface area contributed by atoms with Crippen LogP contribution >= 0.6 is 0 Å². The number of aromatic nitrogens is 2. The number of carbonyl (C=O) groups is 1. The second-order valence-electron chi connectivity index (χ2n) is 9.71. The Hall–Kier alpha value is -1.40. The molecule has 26 heavy (non-hydrogen) atoms. The molecule has 1 aromatic heterocycles. The quantitative estimate of drug-likeness (QED) is 0.864. The number of methoxy groups -OCH3 is 1. The standard InChI is InChI=1S/C20H31N3O3/c1-19(2,3)23-16(11-26-4)15(10-21-23)18(24)22-17-13-5-12-6-14(17)9-20(25,7-12)8-13/h10,12-14,17,25H,5-9,11H2,1-4H3,(H,22,24). The molecule has 2 unspecified atom stereocenters. The summed E-state index contributed by atoms with van der Waals surface area (Å²) in [6, 6.07) is 0.174. The Morgan fingerprint density at radius 2 is 2.00 bits per heavy atom. The number of amides is 1. The van der Waals surface area contributed by atoms with Crippen molar-refractivity contribution in [1.29, 1.82) is 0 Å². The highest BCUT2D eigenvalue weighted by molar-refractivity contribution is 5.95. The summed E-state index contributed by atoms with van der Waals surface area (Å²) in [5.74, 6) is 1.38. The summed E-state index contributed by atoms with van der Waals surface area (Å²) in [5.41, 5.74) is 0.739. The van der Waals surface area contributed by atoms with Crippen LogP contribution in [0.5, 0.6) is 0 Å². The fraction of sp³-hybridized carbons (Fsp3) is 0.800. The molecule has 4 saturated carbocycles. The molecule has 0 radical (unpaired) electrons. The van der Waals surface area contributed by atoms with Crippen LogP contribution < -0.4 is 5.32 Å². The van der Waals surface area contributed by atoms with Gasteiger partial charge in [-0.25, -0.2) is 0 Å². The maximum atomic E-state index is 13.1. The first kappa shape index (κ1) is 18.0. The molecule has 4 bridgehead atoms. The lowest BCUT2D eigenvalue weighted by Gasteiger charge is -2.58. The van der Waals surface area contributed by atoms with Gasteiger partial charge in [-0.3, -0.25) is 9.48 Å². The number of hydrogen-bond acceptors (Lipinski definition) is 4. The highest BCUT2D eigenvalue weighted by atomic mass is 16.5. The fourth-order valence-corrected chi connectivity index (χ4v) is 5.86. The van der Waals surface area contributed by atoms with Crippen molar-refractivity contribution in [1.82, 2.24) is 15.1 Å². The second-order valence-corrected chi connectivity index (χ2v) is 9.71. The molecule has 4 aliphatic rings. The van der Waals surface area contributed by atoms with Crippen molar-refractivity contribution in [3.8, 4) is 0 Å². The Balaban J connectivity index is 1.55. The average Bonchev–Trinajstić information content (AvgIpc) is 2.93. The van der Waals surface area contributed by atoms with Crippen molar-refractivity contribution in [2.24, 2.45) is 17.8 Å². The molecule has 144 valence electrons. The van der Waals surface area contributed by atoms with E-state index in [1.165, 1.54) is 0 Å². The third kappa shape index (κ3) is 2.97. The molecule has 0 spiro atoms. The molecule has 5 rings (SSSR count). The minimum atomic E-state index is -0.476. The Morgan fingerprint density at radius 3 is 2.54 bits per heavy atom. The van der Waals surface area contributed by atoms with Crippen LogP contribution in [-0.4, -0.2) is 39.5 Å². The molecule has 4 fully saturated rings. The van der Waals surface area contributed by atoms with Gasteiger partial charge in [-0.1, -0.05) is 0 Å². The number of nitrogens with one attached hydrogen (secondary N) is 1. The van der Waals surface area contributed by atoms with Crippen molar-refractivity contribution in [3.63, 3.8) is 0 Å². The fourth-order valence-electron chi connectivity index (χ4n) is 5.86. The van der Waals surface area contributed by atoms with Crippen LogP contribution in [-0.2, 0) is 16.9 Å². The summed E-state index contributed by atoms with van der Waals surface area (Å²) in [7, 11) is 1.64. The largest absolute Gasteiger partial charge is 0.390 e. The molecule has 1 aromatic rings. The summed E-state index contributed by atoms with van der Waals surface area (Å²) in [6.07, 6.45) is 6.55. The van der Waals surface area contributed by atoms with Crippen LogP contribution in [0.3, 0.4) is 0 Å². The SMILES string of the molecule is COCc1c(C(=O)NC2C3CC4CC2CC(O)(C4)C3)cnn1C(C)(C)C. The van der Waals surface area contributed by atoms with Gasteiger partial charge < -0.3 is 15.2 Å². The Kier molecular flexibility index (Phi) is 4.19. The lowest BCUT2D eigenvalue weighted by molar-refractivity contribution is -0.136. The molecule has 0 saturated heterocycles. The highest BCUT2D eigenvalue weighted by Gasteiger charge is 2.55. The zero-order chi connectivity index (χ0) is 18.7. The molecule has 1 heterocycles. The third-order valence-electron chi connectivity index (χ3n) is 6.57. The van der Waals surface area contributed by atoms with E-state index in [9.17, 15) is 9.90 Å². The van der Waals surface area contributed by atoms with Crippen molar-refractivity contribution in [3.05, 3.63) is 17.5 Å².